The monoisotopic (exact) mass is 597 g/mol. The Morgan fingerprint density at radius 3 is 1.98 bits per heavy atom. The maximum absolute atomic E-state index is 14.4. The Labute approximate surface area is 255 Å². The molecule has 8 heteroatoms. The smallest absolute Gasteiger partial charge is 0.264 e. The van der Waals surface area contributed by atoms with Crippen LogP contribution < -0.4 is 9.62 Å². The van der Waals surface area contributed by atoms with Crippen LogP contribution in [0.5, 0.6) is 0 Å². The van der Waals surface area contributed by atoms with Crippen molar-refractivity contribution in [1.82, 2.24) is 10.2 Å². The number of carbonyl (C=O) groups is 2. The molecule has 0 saturated carbocycles. The van der Waals surface area contributed by atoms with Gasteiger partial charge in [-0.1, -0.05) is 91.9 Å². The zero-order valence-corrected chi connectivity index (χ0v) is 25.8. The van der Waals surface area contributed by atoms with Gasteiger partial charge >= 0.3 is 0 Å². The minimum Gasteiger partial charge on any atom is -0.355 e. The highest BCUT2D eigenvalue weighted by Gasteiger charge is 2.34. The Morgan fingerprint density at radius 1 is 0.767 bits per heavy atom. The third kappa shape index (κ3) is 7.90. The van der Waals surface area contributed by atoms with Crippen LogP contribution >= 0.6 is 0 Å². The van der Waals surface area contributed by atoms with Gasteiger partial charge in [-0.05, 0) is 66.8 Å². The van der Waals surface area contributed by atoms with Gasteiger partial charge in [-0.15, -0.1) is 0 Å². The summed E-state index contributed by atoms with van der Waals surface area (Å²) in [6.45, 7) is 5.88. The van der Waals surface area contributed by atoms with E-state index in [-0.39, 0.29) is 23.8 Å². The van der Waals surface area contributed by atoms with E-state index in [1.54, 1.807) is 30.3 Å². The highest BCUT2D eigenvalue weighted by atomic mass is 32.2. The predicted octanol–water partition coefficient (Wildman–Crippen LogP) is 5.53. The Balaban J connectivity index is 1.79. The largest absolute Gasteiger partial charge is 0.355 e. The van der Waals surface area contributed by atoms with Crippen molar-refractivity contribution in [2.24, 2.45) is 0 Å². The van der Waals surface area contributed by atoms with Crippen molar-refractivity contribution < 1.29 is 18.0 Å². The first-order valence-electron chi connectivity index (χ1n) is 14.6. The van der Waals surface area contributed by atoms with Crippen LogP contribution in [0.15, 0.2) is 114 Å². The van der Waals surface area contributed by atoms with E-state index in [1.165, 1.54) is 17.0 Å². The molecule has 0 aliphatic carbocycles. The molecule has 4 aromatic carbocycles. The Bertz CT molecular complexity index is 1610. The van der Waals surface area contributed by atoms with Crippen molar-refractivity contribution in [1.29, 1.82) is 0 Å². The fourth-order valence-electron chi connectivity index (χ4n) is 4.96. The van der Waals surface area contributed by atoms with E-state index < -0.39 is 28.5 Å². The number of nitrogens with one attached hydrogen (secondary N) is 1. The number of hydrogen-bond donors (Lipinski definition) is 1. The zero-order valence-electron chi connectivity index (χ0n) is 24.9. The van der Waals surface area contributed by atoms with Gasteiger partial charge in [-0.2, -0.15) is 0 Å². The average molecular weight is 598 g/mol. The van der Waals surface area contributed by atoms with Crippen LogP contribution in [0.1, 0.15) is 36.1 Å². The molecule has 0 aromatic heterocycles. The van der Waals surface area contributed by atoms with Gasteiger partial charge in [0.15, 0.2) is 0 Å². The quantitative estimate of drug-likeness (QED) is 0.220. The number of carbonyl (C=O) groups excluding carboxylic acids is 2. The number of benzene rings is 4. The van der Waals surface area contributed by atoms with Gasteiger partial charge in [0.2, 0.25) is 11.8 Å². The molecule has 0 saturated heterocycles. The molecule has 43 heavy (non-hydrogen) atoms. The third-order valence-corrected chi connectivity index (χ3v) is 9.25. The summed E-state index contributed by atoms with van der Waals surface area (Å²) in [7, 11) is -4.11. The number of rotatable bonds is 13. The molecule has 0 fully saturated rings. The predicted molar refractivity (Wildman–Crippen MR) is 171 cm³/mol. The summed E-state index contributed by atoms with van der Waals surface area (Å²) in [6.07, 6.45) is 1.07. The van der Waals surface area contributed by atoms with Crippen LogP contribution in [0.2, 0.25) is 0 Å². The number of sulfonamides is 1. The Kier molecular flexibility index (Phi) is 10.7. The molecule has 0 aliphatic rings. The van der Waals surface area contributed by atoms with Crippen molar-refractivity contribution in [3.8, 4) is 0 Å². The second kappa shape index (κ2) is 14.6. The fraction of sp³-hybridized carbons (Fsp3) is 0.257. The van der Waals surface area contributed by atoms with Crippen LogP contribution in [-0.4, -0.2) is 44.3 Å². The molecule has 4 aromatic rings. The molecule has 4 rings (SSSR count). The summed E-state index contributed by atoms with van der Waals surface area (Å²) in [4.78, 5) is 29.6. The van der Waals surface area contributed by atoms with Gasteiger partial charge in [0.05, 0.1) is 10.6 Å². The minimum absolute atomic E-state index is 0.0809. The molecule has 1 atom stereocenters. The number of amides is 2. The van der Waals surface area contributed by atoms with E-state index in [0.29, 0.717) is 12.2 Å². The second-order valence-electron chi connectivity index (χ2n) is 10.4. The molecule has 0 bridgehead atoms. The summed E-state index contributed by atoms with van der Waals surface area (Å²) in [5.74, 6) is -0.771. The number of anilines is 1. The normalized spacial score (nSPS) is 11.9. The molecular formula is C35H39N3O4S. The summed E-state index contributed by atoms with van der Waals surface area (Å²) in [5.41, 5.74) is 4.17. The molecule has 0 radical (unpaired) electrons. The number of nitrogens with zero attached hydrogens (tertiary/aromatic N) is 2. The Hall–Kier alpha value is -4.43. The van der Waals surface area contributed by atoms with Gasteiger partial charge in [0.1, 0.15) is 12.6 Å². The Morgan fingerprint density at radius 2 is 1.37 bits per heavy atom. The summed E-state index contributed by atoms with van der Waals surface area (Å²) in [5, 5.41) is 2.89. The topological polar surface area (TPSA) is 86.8 Å². The lowest BCUT2D eigenvalue weighted by Gasteiger charge is -2.34. The summed E-state index contributed by atoms with van der Waals surface area (Å²) in [6, 6.07) is 31.6. The van der Waals surface area contributed by atoms with Crippen molar-refractivity contribution >= 4 is 27.5 Å². The lowest BCUT2D eigenvalue weighted by molar-refractivity contribution is -0.140. The van der Waals surface area contributed by atoms with Crippen LogP contribution in [0.3, 0.4) is 0 Å². The van der Waals surface area contributed by atoms with Crippen molar-refractivity contribution in [3.63, 3.8) is 0 Å². The fourth-order valence-corrected chi connectivity index (χ4v) is 6.40. The van der Waals surface area contributed by atoms with E-state index in [0.717, 1.165) is 33.0 Å². The van der Waals surface area contributed by atoms with E-state index in [2.05, 4.69) is 5.32 Å². The highest BCUT2D eigenvalue weighted by molar-refractivity contribution is 7.92. The van der Waals surface area contributed by atoms with Crippen molar-refractivity contribution in [2.75, 3.05) is 17.4 Å². The number of hydrogen-bond acceptors (Lipinski definition) is 4. The van der Waals surface area contributed by atoms with Crippen LogP contribution in [0.25, 0.3) is 0 Å². The standard InChI is InChI=1S/C35H39N3O4S/c1-4-28-20-22-31(23-21-28)38(43(41,42)32-18-10-7-11-19-32)26-34(39)37(25-30-17-13-12-14-27(30)3)33(35(40)36-5-2)24-29-15-8-6-9-16-29/h6-23,33H,4-5,24-26H2,1-3H3,(H,36,40). The lowest BCUT2D eigenvalue weighted by Crippen LogP contribution is -2.53. The minimum atomic E-state index is -4.11. The lowest BCUT2D eigenvalue weighted by atomic mass is 10.0. The van der Waals surface area contributed by atoms with Gasteiger partial charge in [0, 0.05) is 19.5 Å². The van der Waals surface area contributed by atoms with E-state index in [9.17, 15) is 18.0 Å². The van der Waals surface area contributed by atoms with Crippen LogP contribution in [0, 0.1) is 6.92 Å². The van der Waals surface area contributed by atoms with Crippen molar-refractivity contribution in [3.05, 3.63) is 131 Å². The second-order valence-corrected chi connectivity index (χ2v) is 12.3. The van der Waals surface area contributed by atoms with Gasteiger partial charge < -0.3 is 10.2 Å². The zero-order chi connectivity index (χ0) is 30.8. The van der Waals surface area contributed by atoms with E-state index >= 15 is 0 Å². The maximum Gasteiger partial charge on any atom is 0.264 e. The molecule has 0 heterocycles. The van der Waals surface area contributed by atoms with E-state index in [1.807, 2.05) is 87.5 Å². The van der Waals surface area contributed by atoms with Gasteiger partial charge in [-0.3, -0.25) is 13.9 Å². The highest BCUT2D eigenvalue weighted by Crippen LogP contribution is 2.26. The molecule has 7 nitrogen and oxygen atoms in total. The first kappa shape index (κ1) is 31.5. The van der Waals surface area contributed by atoms with Crippen LogP contribution in [0.4, 0.5) is 5.69 Å². The molecule has 224 valence electrons. The molecule has 0 aliphatic heterocycles. The summed E-state index contributed by atoms with van der Waals surface area (Å²) >= 11 is 0. The third-order valence-electron chi connectivity index (χ3n) is 7.47. The first-order chi connectivity index (χ1) is 20.7. The number of likely N-dealkylation sites (N-methyl/N-ethyl adjacent to an activating group) is 1. The van der Waals surface area contributed by atoms with Crippen molar-refractivity contribution in [2.45, 2.75) is 51.1 Å². The SMILES string of the molecule is CCNC(=O)C(Cc1ccccc1)N(Cc1ccccc1C)C(=O)CN(c1ccc(CC)cc1)S(=O)(=O)c1ccccc1. The number of aryl methyl sites for hydroxylation is 2. The molecule has 1 N–H and O–H groups in total. The first-order valence-corrected chi connectivity index (χ1v) is 16.0. The summed E-state index contributed by atoms with van der Waals surface area (Å²) < 4.78 is 29.2. The van der Waals surface area contributed by atoms with Crippen LogP contribution in [-0.2, 0) is 39.0 Å². The molecule has 2 amide bonds. The average Bonchev–Trinajstić information content (AvgIpc) is 3.03. The van der Waals surface area contributed by atoms with Gasteiger partial charge in [-0.25, -0.2) is 8.42 Å². The molecular weight excluding hydrogens is 558 g/mol. The maximum atomic E-state index is 14.4. The molecule has 1 unspecified atom stereocenters. The van der Waals surface area contributed by atoms with E-state index in [4.69, 9.17) is 0 Å². The molecule has 0 spiro atoms. The van der Waals surface area contributed by atoms with Gasteiger partial charge in [0.25, 0.3) is 10.0 Å².